The van der Waals surface area contributed by atoms with Crippen LogP contribution in [0.4, 0.5) is 0 Å². The Bertz CT molecular complexity index is 1110. The Balaban J connectivity index is 1.55. The molecule has 3 aromatic rings. The number of aromatic hydroxyl groups is 6. The first-order chi connectivity index (χ1) is 17.5. The highest BCUT2D eigenvalue weighted by Gasteiger charge is 2.19. The predicted molar refractivity (Wildman–Crippen MR) is 120 cm³/mol. The van der Waals surface area contributed by atoms with Crippen LogP contribution in [-0.4, -0.2) is 88.0 Å². The van der Waals surface area contributed by atoms with Crippen LogP contribution in [0.3, 0.4) is 0 Å². The van der Waals surface area contributed by atoms with E-state index >= 15 is 0 Å². The standard InChI is InChI=1S/C21H24N4O12/c26-13-7-10(19(32)22-13)35-16(29)1-4-25(5-2-17(30)36-11-8-14(27)23-20(11)33)6-3-18(31)37-12-9-15(28)24-21(12)34/h7-9,22-24,26-28,32-34H,1-6H2. The zero-order valence-corrected chi connectivity index (χ0v) is 19.1. The average Bonchev–Trinajstić information content (AvgIpc) is 3.41. The minimum Gasteiger partial charge on any atom is -0.494 e. The van der Waals surface area contributed by atoms with Gasteiger partial charge in [0.2, 0.25) is 17.6 Å². The van der Waals surface area contributed by atoms with Crippen LogP contribution in [-0.2, 0) is 14.4 Å². The molecule has 0 bridgehead atoms. The van der Waals surface area contributed by atoms with Crippen LogP contribution in [0, 0.1) is 0 Å². The number of H-pyrrole nitrogens is 3. The minimum absolute atomic E-state index is 0.0110. The normalized spacial score (nSPS) is 10.9. The molecule has 0 atom stereocenters. The predicted octanol–water partition coefficient (Wildman–Crippen LogP) is 0.493. The first-order valence-corrected chi connectivity index (χ1v) is 10.7. The SMILES string of the molecule is O=C(CCN(CCC(=O)Oc1cc(O)[nH]c1O)CCC(=O)Oc1cc(O)[nH]c1O)Oc1cc(O)[nH]c1O. The van der Waals surface area contributed by atoms with Gasteiger partial charge in [0.1, 0.15) is 0 Å². The number of ether oxygens (including phenoxy) is 3. The summed E-state index contributed by atoms with van der Waals surface area (Å²) < 4.78 is 14.9. The summed E-state index contributed by atoms with van der Waals surface area (Å²) >= 11 is 0. The van der Waals surface area contributed by atoms with Gasteiger partial charge in [-0.15, -0.1) is 0 Å². The van der Waals surface area contributed by atoms with Crippen molar-refractivity contribution in [3.8, 4) is 52.5 Å². The molecule has 3 rings (SSSR count). The second kappa shape index (κ2) is 11.6. The van der Waals surface area contributed by atoms with Crippen LogP contribution >= 0.6 is 0 Å². The van der Waals surface area contributed by atoms with E-state index in [9.17, 15) is 45.0 Å². The number of esters is 3. The van der Waals surface area contributed by atoms with Gasteiger partial charge < -0.3 is 49.7 Å². The fourth-order valence-corrected chi connectivity index (χ4v) is 3.07. The van der Waals surface area contributed by atoms with Crippen molar-refractivity contribution >= 4 is 17.9 Å². The van der Waals surface area contributed by atoms with Crippen LogP contribution < -0.4 is 14.2 Å². The lowest BCUT2D eigenvalue weighted by Gasteiger charge is -2.21. The highest BCUT2D eigenvalue weighted by molar-refractivity contribution is 5.75. The van der Waals surface area contributed by atoms with Gasteiger partial charge in [0, 0.05) is 37.8 Å². The van der Waals surface area contributed by atoms with Crippen molar-refractivity contribution < 1.29 is 59.2 Å². The lowest BCUT2D eigenvalue weighted by atomic mass is 10.3. The third-order valence-corrected chi connectivity index (χ3v) is 4.81. The molecular weight excluding hydrogens is 500 g/mol. The van der Waals surface area contributed by atoms with Crippen LogP contribution in [0.1, 0.15) is 19.3 Å². The number of nitrogens with one attached hydrogen (secondary N) is 3. The molecule has 0 spiro atoms. The number of aromatic nitrogens is 3. The Morgan fingerprint density at radius 3 is 1.05 bits per heavy atom. The van der Waals surface area contributed by atoms with E-state index in [-0.39, 0.29) is 56.1 Å². The Kier molecular flexibility index (Phi) is 8.36. The summed E-state index contributed by atoms with van der Waals surface area (Å²) in [5.74, 6) is -6.11. The van der Waals surface area contributed by atoms with Crippen LogP contribution in [0.5, 0.6) is 52.5 Å². The third kappa shape index (κ3) is 7.76. The van der Waals surface area contributed by atoms with Crippen molar-refractivity contribution in [1.29, 1.82) is 0 Å². The Labute approximate surface area is 207 Å². The fourth-order valence-electron chi connectivity index (χ4n) is 3.07. The molecule has 0 amide bonds. The van der Waals surface area contributed by atoms with E-state index in [1.807, 2.05) is 0 Å². The summed E-state index contributed by atoms with van der Waals surface area (Å²) in [6, 6.07) is 3.00. The molecule has 0 saturated carbocycles. The maximum atomic E-state index is 12.2. The molecule has 37 heavy (non-hydrogen) atoms. The highest BCUT2D eigenvalue weighted by Crippen LogP contribution is 2.31. The molecule has 0 radical (unpaired) electrons. The highest BCUT2D eigenvalue weighted by atomic mass is 16.6. The zero-order valence-electron chi connectivity index (χ0n) is 19.1. The summed E-state index contributed by atoms with van der Waals surface area (Å²) in [6.07, 6.45) is -0.725. The topological polar surface area (TPSA) is 251 Å². The number of carbonyl (C=O) groups excluding carboxylic acids is 3. The van der Waals surface area contributed by atoms with Gasteiger partial charge >= 0.3 is 17.9 Å². The van der Waals surface area contributed by atoms with Crippen molar-refractivity contribution in [2.45, 2.75) is 19.3 Å². The van der Waals surface area contributed by atoms with E-state index in [0.29, 0.717) is 0 Å². The van der Waals surface area contributed by atoms with Crippen molar-refractivity contribution in [3.63, 3.8) is 0 Å². The molecule has 3 heterocycles. The van der Waals surface area contributed by atoms with Gasteiger partial charge in [-0.25, -0.2) is 0 Å². The van der Waals surface area contributed by atoms with E-state index in [4.69, 9.17) is 14.2 Å². The number of rotatable bonds is 12. The summed E-state index contributed by atoms with van der Waals surface area (Å²) in [5.41, 5.74) is 0. The van der Waals surface area contributed by atoms with Crippen LogP contribution in [0.25, 0.3) is 0 Å². The number of nitrogens with zero attached hydrogens (tertiary/aromatic N) is 1. The Morgan fingerprint density at radius 1 is 0.568 bits per heavy atom. The largest absolute Gasteiger partial charge is 0.494 e. The molecule has 9 N–H and O–H groups in total. The summed E-state index contributed by atoms with van der Waals surface area (Å²) in [5, 5.41) is 56.5. The molecule has 16 heteroatoms. The van der Waals surface area contributed by atoms with Crippen molar-refractivity contribution in [2.75, 3.05) is 19.6 Å². The number of hydrogen-bond donors (Lipinski definition) is 9. The van der Waals surface area contributed by atoms with E-state index in [2.05, 4.69) is 15.0 Å². The molecule has 200 valence electrons. The lowest BCUT2D eigenvalue weighted by Crippen LogP contribution is -2.33. The van der Waals surface area contributed by atoms with Gasteiger partial charge in [-0.3, -0.25) is 29.3 Å². The van der Waals surface area contributed by atoms with Gasteiger partial charge in [0.15, 0.2) is 34.9 Å². The smallest absolute Gasteiger partial charge is 0.312 e. The second-order valence-corrected chi connectivity index (χ2v) is 7.62. The lowest BCUT2D eigenvalue weighted by molar-refractivity contribution is -0.134. The molecular formula is C21H24N4O12. The summed E-state index contributed by atoms with van der Waals surface area (Å²) in [4.78, 5) is 44.5. The third-order valence-electron chi connectivity index (χ3n) is 4.81. The first kappa shape index (κ1) is 26.6. The second-order valence-electron chi connectivity index (χ2n) is 7.62. The summed E-state index contributed by atoms with van der Waals surface area (Å²) in [7, 11) is 0. The van der Waals surface area contributed by atoms with E-state index in [1.54, 1.807) is 0 Å². The Morgan fingerprint density at radius 2 is 0.838 bits per heavy atom. The fraction of sp³-hybridized carbons (Fsp3) is 0.286. The van der Waals surface area contributed by atoms with Crippen molar-refractivity contribution in [3.05, 3.63) is 18.2 Å². The maximum absolute atomic E-state index is 12.2. The van der Waals surface area contributed by atoms with Crippen LogP contribution in [0.2, 0.25) is 0 Å². The molecule has 0 aliphatic rings. The van der Waals surface area contributed by atoms with Gasteiger partial charge in [0.25, 0.3) is 0 Å². The quantitative estimate of drug-likeness (QED) is 0.146. The number of hydrogen-bond acceptors (Lipinski definition) is 13. The number of aromatic amines is 3. The molecule has 0 unspecified atom stereocenters. The van der Waals surface area contributed by atoms with E-state index in [0.717, 1.165) is 18.2 Å². The first-order valence-electron chi connectivity index (χ1n) is 10.7. The Hall–Kier alpha value is -4.99. The van der Waals surface area contributed by atoms with E-state index in [1.165, 1.54) is 4.90 Å². The summed E-state index contributed by atoms with van der Waals surface area (Å²) in [6.45, 7) is -0.0329. The average molecular weight is 524 g/mol. The maximum Gasteiger partial charge on any atom is 0.312 e. The molecule has 0 saturated heterocycles. The van der Waals surface area contributed by atoms with Gasteiger partial charge in [-0.05, 0) is 0 Å². The monoisotopic (exact) mass is 524 g/mol. The molecule has 3 aromatic heterocycles. The van der Waals surface area contributed by atoms with Crippen LogP contribution in [0.15, 0.2) is 18.2 Å². The van der Waals surface area contributed by atoms with Gasteiger partial charge in [0.05, 0.1) is 19.3 Å². The zero-order chi connectivity index (χ0) is 27.1. The molecule has 0 fully saturated rings. The van der Waals surface area contributed by atoms with Crippen molar-refractivity contribution in [2.24, 2.45) is 0 Å². The van der Waals surface area contributed by atoms with Gasteiger partial charge in [-0.1, -0.05) is 0 Å². The minimum atomic E-state index is -0.787. The number of carbonyl (C=O) groups is 3. The van der Waals surface area contributed by atoms with Crippen molar-refractivity contribution in [1.82, 2.24) is 19.9 Å². The molecule has 0 aromatic carbocycles. The molecule has 0 aliphatic heterocycles. The molecule has 16 nitrogen and oxygen atoms in total. The van der Waals surface area contributed by atoms with E-state index < -0.39 is 53.2 Å². The molecule has 0 aliphatic carbocycles. The van der Waals surface area contributed by atoms with Gasteiger partial charge in [-0.2, -0.15) is 0 Å².